The van der Waals surface area contributed by atoms with Crippen LogP contribution in [0.5, 0.6) is 0 Å². The Balaban J connectivity index is 1.55. The minimum atomic E-state index is 0.978. The molecule has 0 N–H and O–H groups in total. The smallest absolute Gasteiger partial charge is 0.0184 e. The Morgan fingerprint density at radius 3 is 1.43 bits per heavy atom. The Morgan fingerprint density at radius 1 is 0.500 bits per heavy atom. The summed E-state index contributed by atoms with van der Waals surface area (Å²) in [5.74, 6) is 0. The first kappa shape index (κ1) is 19.4. The van der Waals surface area contributed by atoms with Gasteiger partial charge in [-0.15, -0.1) is 0 Å². The zero-order valence-electron chi connectivity index (χ0n) is 17.0. The topological polar surface area (TPSA) is 0 Å². The van der Waals surface area contributed by atoms with E-state index in [9.17, 15) is 0 Å². The lowest BCUT2D eigenvalue weighted by molar-refractivity contribution is 1.57. The number of hydrogen-bond acceptors (Lipinski definition) is 0. The fraction of sp³-hybridized carbons (Fsp3) is 0. The first-order valence-electron chi connectivity index (χ1n) is 10.1. The van der Waals surface area contributed by atoms with E-state index in [2.05, 4.69) is 104 Å². The highest BCUT2D eigenvalue weighted by atomic mass is 14.1. The molecule has 4 rings (SSSR count). The molecule has 0 unspecified atom stereocenters. The summed E-state index contributed by atoms with van der Waals surface area (Å²) in [7, 11) is 0. The van der Waals surface area contributed by atoms with Gasteiger partial charge >= 0.3 is 0 Å². The van der Waals surface area contributed by atoms with Gasteiger partial charge in [0.2, 0.25) is 0 Å². The van der Waals surface area contributed by atoms with E-state index in [4.69, 9.17) is 0 Å². The van der Waals surface area contributed by atoms with Crippen LogP contribution in [0.1, 0.15) is 11.1 Å². The van der Waals surface area contributed by atoms with Gasteiger partial charge < -0.3 is 0 Å². The zero-order chi connectivity index (χ0) is 20.8. The quantitative estimate of drug-likeness (QED) is 0.293. The fourth-order valence-electron chi connectivity index (χ4n) is 3.52. The van der Waals surface area contributed by atoms with Crippen molar-refractivity contribution >= 4 is 11.1 Å². The summed E-state index contributed by atoms with van der Waals surface area (Å²) in [5.41, 5.74) is 9.16. The van der Waals surface area contributed by atoms with Gasteiger partial charge in [-0.05, 0) is 50.6 Å². The second-order valence-corrected chi connectivity index (χ2v) is 7.22. The summed E-state index contributed by atoms with van der Waals surface area (Å²) >= 11 is 0. The van der Waals surface area contributed by atoms with Crippen molar-refractivity contribution in [1.29, 1.82) is 0 Å². The molecule has 0 nitrogen and oxygen atoms in total. The van der Waals surface area contributed by atoms with Crippen LogP contribution in [-0.4, -0.2) is 0 Å². The van der Waals surface area contributed by atoms with Crippen LogP contribution in [0, 0.1) is 0 Å². The molecule has 4 aromatic carbocycles. The number of benzene rings is 4. The molecule has 0 radical (unpaired) electrons. The normalized spacial score (nSPS) is 11.1. The maximum Gasteiger partial charge on any atom is -0.0184 e. The standard InChI is InChI=1S/C30H24/c1-3-24(22-23(2)25-10-6-4-7-11-25)27-14-16-29(17-15-27)30-20-18-28(19-21-30)26-12-8-5-9-13-26/h3-22H,1-2H2/b24-22+. The van der Waals surface area contributed by atoms with Gasteiger partial charge in [0.15, 0.2) is 0 Å². The minimum Gasteiger partial charge on any atom is -0.0984 e. The van der Waals surface area contributed by atoms with Crippen molar-refractivity contribution in [3.63, 3.8) is 0 Å². The molecule has 0 fully saturated rings. The molecule has 0 saturated carbocycles. The second-order valence-electron chi connectivity index (χ2n) is 7.22. The highest BCUT2D eigenvalue weighted by Gasteiger charge is 2.03. The van der Waals surface area contributed by atoms with Crippen LogP contribution in [0.15, 0.2) is 135 Å². The molecule has 144 valence electrons. The number of allylic oxidation sites excluding steroid dienone is 4. The monoisotopic (exact) mass is 384 g/mol. The summed E-state index contributed by atoms with van der Waals surface area (Å²) in [5, 5.41) is 0. The van der Waals surface area contributed by atoms with E-state index < -0.39 is 0 Å². The fourth-order valence-corrected chi connectivity index (χ4v) is 3.52. The highest BCUT2D eigenvalue weighted by molar-refractivity contribution is 5.87. The van der Waals surface area contributed by atoms with Gasteiger partial charge in [0.1, 0.15) is 0 Å². The zero-order valence-corrected chi connectivity index (χ0v) is 17.0. The molecule has 0 heterocycles. The molecule has 0 aromatic heterocycles. The second kappa shape index (κ2) is 9.07. The first-order chi connectivity index (χ1) is 14.7. The third-order valence-electron chi connectivity index (χ3n) is 5.24. The van der Waals surface area contributed by atoms with E-state index in [-0.39, 0.29) is 0 Å². The van der Waals surface area contributed by atoms with Gasteiger partial charge in [0.05, 0.1) is 0 Å². The summed E-state index contributed by atoms with van der Waals surface area (Å²) in [6.45, 7) is 8.21. The lowest BCUT2D eigenvalue weighted by Crippen LogP contribution is -1.85. The van der Waals surface area contributed by atoms with E-state index in [1.165, 1.54) is 22.3 Å². The number of hydrogen-bond donors (Lipinski definition) is 0. The van der Waals surface area contributed by atoms with Crippen molar-refractivity contribution in [3.8, 4) is 22.3 Å². The third-order valence-corrected chi connectivity index (χ3v) is 5.24. The van der Waals surface area contributed by atoms with Gasteiger partial charge in [-0.1, -0.05) is 128 Å². The van der Waals surface area contributed by atoms with Crippen LogP contribution < -0.4 is 0 Å². The van der Waals surface area contributed by atoms with Crippen molar-refractivity contribution in [3.05, 3.63) is 146 Å². The van der Waals surface area contributed by atoms with Crippen molar-refractivity contribution in [2.24, 2.45) is 0 Å². The minimum absolute atomic E-state index is 0.978. The predicted octanol–water partition coefficient (Wildman–Crippen LogP) is 8.30. The summed E-state index contributed by atoms with van der Waals surface area (Å²) in [6, 6.07) is 38.0. The van der Waals surface area contributed by atoms with Gasteiger partial charge in [-0.25, -0.2) is 0 Å². The lowest BCUT2D eigenvalue weighted by atomic mass is 9.96. The Bertz CT molecular complexity index is 1160. The molecule has 0 heteroatoms. The Labute approximate surface area is 179 Å². The predicted molar refractivity (Wildman–Crippen MR) is 131 cm³/mol. The van der Waals surface area contributed by atoms with Crippen LogP contribution in [0.2, 0.25) is 0 Å². The third kappa shape index (κ3) is 4.39. The highest BCUT2D eigenvalue weighted by Crippen LogP contribution is 2.27. The molecule has 0 aliphatic carbocycles. The molecule has 30 heavy (non-hydrogen) atoms. The van der Waals surface area contributed by atoms with E-state index in [0.29, 0.717) is 0 Å². The van der Waals surface area contributed by atoms with Crippen LogP contribution in [0.4, 0.5) is 0 Å². The van der Waals surface area contributed by atoms with E-state index in [1.54, 1.807) is 0 Å². The molecule has 0 atom stereocenters. The molecule has 0 aliphatic rings. The largest absolute Gasteiger partial charge is 0.0984 e. The van der Waals surface area contributed by atoms with E-state index in [1.807, 2.05) is 30.3 Å². The van der Waals surface area contributed by atoms with E-state index >= 15 is 0 Å². The molecule has 0 spiro atoms. The van der Waals surface area contributed by atoms with Crippen LogP contribution >= 0.6 is 0 Å². The SMILES string of the molecule is C=C/C(=C\C(=C)c1ccccc1)c1ccc(-c2ccc(-c3ccccc3)cc2)cc1. The maximum absolute atomic E-state index is 4.21. The molecule has 0 aliphatic heterocycles. The summed E-state index contributed by atoms with van der Waals surface area (Å²) in [4.78, 5) is 0. The molecule has 0 bridgehead atoms. The van der Waals surface area contributed by atoms with Crippen LogP contribution in [0.25, 0.3) is 33.4 Å². The van der Waals surface area contributed by atoms with Gasteiger partial charge in [0, 0.05) is 0 Å². The Hall–Kier alpha value is -3.90. The summed E-state index contributed by atoms with van der Waals surface area (Å²) < 4.78 is 0. The van der Waals surface area contributed by atoms with Crippen molar-refractivity contribution in [2.75, 3.05) is 0 Å². The maximum atomic E-state index is 4.21. The van der Waals surface area contributed by atoms with Crippen LogP contribution in [0.3, 0.4) is 0 Å². The average molecular weight is 385 g/mol. The summed E-state index contributed by atoms with van der Waals surface area (Å²) in [6.07, 6.45) is 3.98. The van der Waals surface area contributed by atoms with E-state index in [0.717, 1.165) is 22.3 Å². The van der Waals surface area contributed by atoms with Crippen molar-refractivity contribution < 1.29 is 0 Å². The Kier molecular flexibility index (Phi) is 5.87. The molecule has 4 aromatic rings. The molecule has 0 saturated heterocycles. The number of rotatable bonds is 6. The first-order valence-corrected chi connectivity index (χ1v) is 10.1. The van der Waals surface area contributed by atoms with Crippen molar-refractivity contribution in [1.82, 2.24) is 0 Å². The molecule has 0 amide bonds. The van der Waals surface area contributed by atoms with Gasteiger partial charge in [0.25, 0.3) is 0 Å². The Morgan fingerprint density at radius 2 is 0.933 bits per heavy atom. The average Bonchev–Trinajstić information content (AvgIpc) is 2.84. The molecular formula is C30H24. The van der Waals surface area contributed by atoms with Gasteiger partial charge in [-0.2, -0.15) is 0 Å². The lowest BCUT2D eigenvalue weighted by Gasteiger charge is -2.08. The molecular weight excluding hydrogens is 360 g/mol. The van der Waals surface area contributed by atoms with Crippen molar-refractivity contribution in [2.45, 2.75) is 0 Å². The van der Waals surface area contributed by atoms with Crippen LogP contribution in [-0.2, 0) is 0 Å². The van der Waals surface area contributed by atoms with Gasteiger partial charge in [-0.3, -0.25) is 0 Å².